The Hall–Kier alpha value is -2.32. The zero-order valence-electron chi connectivity index (χ0n) is 15.6. The average Bonchev–Trinajstić information content (AvgIpc) is 2.67. The number of carbonyl (C=O) groups excluding carboxylic acids is 3. The van der Waals surface area contributed by atoms with Crippen molar-refractivity contribution in [3.8, 4) is 0 Å². The normalized spacial score (nSPS) is 14.8. The standard InChI is InChI=1S/C18H25N3O5.ClH/c1-3-26-18(24)21-10-8-20(9-11-21)16(22)15(19)12-13-4-6-14(7-5-13)17(23)25-2;/h4-7,15H,3,8-12,19H2,1-2H3;1H. The van der Waals surface area contributed by atoms with Crippen LogP contribution in [0.25, 0.3) is 0 Å². The maximum atomic E-state index is 12.5. The van der Waals surface area contributed by atoms with Gasteiger partial charge in [0.15, 0.2) is 0 Å². The van der Waals surface area contributed by atoms with Crippen molar-refractivity contribution in [2.45, 2.75) is 19.4 Å². The van der Waals surface area contributed by atoms with E-state index < -0.39 is 12.0 Å². The van der Waals surface area contributed by atoms with Gasteiger partial charge in [0.25, 0.3) is 0 Å². The summed E-state index contributed by atoms with van der Waals surface area (Å²) in [5.41, 5.74) is 7.37. The summed E-state index contributed by atoms with van der Waals surface area (Å²) in [6.07, 6.45) is 0.0212. The van der Waals surface area contributed by atoms with E-state index in [1.54, 1.807) is 41.0 Å². The lowest BCUT2D eigenvalue weighted by Crippen LogP contribution is -2.54. The molecule has 0 aliphatic carbocycles. The van der Waals surface area contributed by atoms with Crippen molar-refractivity contribution in [1.29, 1.82) is 0 Å². The highest BCUT2D eigenvalue weighted by Crippen LogP contribution is 2.10. The molecule has 1 fully saturated rings. The summed E-state index contributed by atoms with van der Waals surface area (Å²) in [4.78, 5) is 38.9. The summed E-state index contributed by atoms with van der Waals surface area (Å²) < 4.78 is 9.62. The first-order valence-electron chi connectivity index (χ1n) is 8.59. The van der Waals surface area contributed by atoms with Crippen molar-refractivity contribution in [2.24, 2.45) is 5.73 Å². The molecule has 1 atom stereocenters. The van der Waals surface area contributed by atoms with E-state index in [1.807, 2.05) is 0 Å². The second kappa shape index (κ2) is 10.7. The Morgan fingerprint density at radius 1 is 1.07 bits per heavy atom. The largest absolute Gasteiger partial charge is 0.465 e. The third kappa shape index (κ3) is 6.11. The number of halogens is 1. The lowest BCUT2D eigenvalue weighted by Gasteiger charge is -2.35. The number of benzene rings is 1. The van der Waals surface area contributed by atoms with Crippen LogP contribution in [-0.2, 0) is 20.7 Å². The van der Waals surface area contributed by atoms with Crippen molar-refractivity contribution in [3.05, 3.63) is 35.4 Å². The smallest absolute Gasteiger partial charge is 0.409 e. The monoisotopic (exact) mass is 399 g/mol. The van der Waals surface area contributed by atoms with Crippen LogP contribution in [0.15, 0.2) is 24.3 Å². The number of nitrogens with two attached hydrogens (primary N) is 1. The van der Waals surface area contributed by atoms with Crippen LogP contribution in [0, 0.1) is 0 Å². The molecular weight excluding hydrogens is 374 g/mol. The molecule has 1 aliphatic rings. The molecule has 0 radical (unpaired) electrons. The first kappa shape index (κ1) is 22.7. The van der Waals surface area contributed by atoms with Gasteiger partial charge >= 0.3 is 12.1 Å². The number of hydrogen-bond donors (Lipinski definition) is 1. The van der Waals surface area contributed by atoms with Crippen LogP contribution in [0.5, 0.6) is 0 Å². The van der Waals surface area contributed by atoms with Crippen LogP contribution in [0.4, 0.5) is 4.79 Å². The van der Waals surface area contributed by atoms with Crippen LogP contribution >= 0.6 is 12.4 Å². The fourth-order valence-corrected chi connectivity index (χ4v) is 2.79. The third-order valence-corrected chi connectivity index (χ3v) is 4.27. The second-order valence-corrected chi connectivity index (χ2v) is 6.01. The molecule has 2 rings (SSSR count). The highest BCUT2D eigenvalue weighted by atomic mass is 35.5. The minimum atomic E-state index is -0.673. The van der Waals surface area contributed by atoms with E-state index in [2.05, 4.69) is 4.74 Å². The average molecular weight is 400 g/mol. The van der Waals surface area contributed by atoms with E-state index in [4.69, 9.17) is 10.5 Å². The molecule has 1 aliphatic heterocycles. The number of hydrogen-bond acceptors (Lipinski definition) is 6. The summed E-state index contributed by atoms with van der Waals surface area (Å²) in [7, 11) is 1.33. The molecule has 9 heteroatoms. The Bertz CT molecular complexity index is 645. The number of esters is 1. The van der Waals surface area contributed by atoms with E-state index in [9.17, 15) is 14.4 Å². The maximum absolute atomic E-state index is 12.5. The molecule has 2 N–H and O–H groups in total. The molecule has 1 saturated heterocycles. The van der Waals surface area contributed by atoms with Crippen molar-refractivity contribution < 1.29 is 23.9 Å². The molecule has 0 saturated carbocycles. The Balaban J connectivity index is 0.00000364. The molecule has 1 aromatic carbocycles. The van der Waals surface area contributed by atoms with Gasteiger partial charge in [0.05, 0.1) is 25.3 Å². The molecule has 1 unspecified atom stereocenters. The van der Waals surface area contributed by atoms with Crippen molar-refractivity contribution in [1.82, 2.24) is 9.80 Å². The highest BCUT2D eigenvalue weighted by molar-refractivity contribution is 5.89. The van der Waals surface area contributed by atoms with Gasteiger partial charge in [0.1, 0.15) is 0 Å². The first-order chi connectivity index (χ1) is 12.5. The fraction of sp³-hybridized carbons (Fsp3) is 0.500. The van der Waals surface area contributed by atoms with E-state index >= 15 is 0 Å². The van der Waals surface area contributed by atoms with Crippen LogP contribution in [0.1, 0.15) is 22.8 Å². The topological polar surface area (TPSA) is 102 Å². The number of carbonyl (C=O) groups is 3. The van der Waals surface area contributed by atoms with Gasteiger partial charge in [-0.2, -0.15) is 0 Å². The van der Waals surface area contributed by atoms with E-state index in [1.165, 1.54) is 7.11 Å². The Morgan fingerprint density at radius 3 is 2.15 bits per heavy atom. The number of rotatable bonds is 5. The van der Waals surface area contributed by atoms with Gasteiger partial charge in [-0.15, -0.1) is 12.4 Å². The van der Waals surface area contributed by atoms with E-state index in [-0.39, 0.29) is 24.4 Å². The molecule has 1 heterocycles. The summed E-state index contributed by atoms with van der Waals surface area (Å²) in [5.74, 6) is -0.554. The SMILES string of the molecule is CCOC(=O)N1CCN(C(=O)C(N)Cc2ccc(C(=O)OC)cc2)CC1.Cl. The van der Waals surface area contributed by atoms with E-state index in [0.717, 1.165) is 5.56 Å². The molecule has 0 aromatic heterocycles. The first-order valence-corrected chi connectivity index (χ1v) is 8.59. The van der Waals surface area contributed by atoms with Gasteiger partial charge in [-0.3, -0.25) is 4.79 Å². The molecule has 150 valence electrons. The number of ether oxygens (including phenoxy) is 2. The van der Waals surface area contributed by atoms with Crippen LogP contribution in [0.3, 0.4) is 0 Å². The predicted octanol–water partition coefficient (Wildman–Crippen LogP) is 1.07. The fourth-order valence-electron chi connectivity index (χ4n) is 2.79. The van der Waals surface area contributed by atoms with Crippen molar-refractivity contribution >= 4 is 30.4 Å². The van der Waals surface area contributed by atoms with Crippen LogP contribution in [0.2, 0.25) is 0 Å². The predicted molar refractivity (Wildman–Crippen MR) is 102 cm³/mol. The molecule has 2 amide bonds. The van der Waals surface area contributed by atoms with Gasteiger partial charge in [0, 0.05) is 26.2 Å². The maximum Gasteiger partial charge on any atom is 0.409 e. The number of methoxy groups -OCH3 is 1. The third-order valence-electron chi connectivity index (χ3n) is 4.27. The molecule has 8 nitrogen and oxygen atoms in total. The number of nitrogens with zero attached hydrogens (tertiary/aromatic N) is 2. The van der Waals surface area contributed by atoms with Gasteiger partial charge in [-0.05, 0) is 31.0 Å². The molecule has 0 bridgehead atoms. The van der Waals surface area contributed by atoms with Gasteiger partial charge in [0.2, 0.25) is 5.91 Å². The lowest BCUT2D eigenvalue weighted by atomic mass is 10.0. The quantitative estimate of drug-likeness (QED) is 0.743. The number of piperazine rings is 1. The summed E-state index contributed by atoms with van der Waals surface area (Å²) in [6.45, 7) is 3.83. The van der Waals surface area contributed by atoms with Crippen LogP contribution < -0.4 is 5.73 Å². The zero-order chi connectivity index (χ0) is 19.1. The molecule has 0 spiro atoms. The van der Waals surface area contributed by atoms with Crippen molar-refractivity contribution in [2.75, 3.05) is 39.9 Å². The summed E-state index contributed by atoms with van der Waals surface area (Å²) in [6, 6.07) is 6.15. The minimum Gasteiger partial charge on any atom is -0.465 e. The van der Waals surface area contributed by atoms with Crippen LogP contribution in [-0.4, -0.2) is 73.7 Å². The zero-order valence-corrected chi connectivity index (χ0v) is 16.4. The molecular formula is C18H26ClN3O5. The Morgan fingerprint density at radius 2 is 1.63 bits per heavy atom. The van der Waals surface area contributed by atoms with Gasteiger partial charge in [-0.1, -0.05) is 12.1 Å². The summed E-state index contributed by atoms with van der Waals surface area (Å²) >= 11 is 0. The highest BCUT2D eigenvalue weighted by Gasteiger charge is 2.27. The van der Waals surface area contributed by atoms with Crippen molar-refractivity contribution in [3.63, 3.8) is 0 Å². The lowest BCUT2D eigenvalue weighted by molar-refractivity contribution is -0.134. The number of amides is 2. The molecule has 27 heavy (non-hydrogen) atoms. The Kier molecular flexibility index (Phi) is 9.04. The van der Waals surface area contributed by atoms with E-state index in [0.29, 0.717) is 44.8 Å². The summed E-state index contributed by atoms with van der Waals surface area (Å²) in [5, 5.41) is 0. The van der Waals surface area contributed by atoms with Gasteiger partial charge < -0.3 is 25.0 Å². The molecule has 1 aromatic rings. The second-order valence-electron chi connectivity index (χ2n) is 6.01. The Labute approximate surface area is 165 Å². The minimum absolute atomic E-state index is 0. The van der Waals surface area contributed by atoms with Gasteiger partial charge in [-0.25, -0.2) is 9.59 Å².